The molecule has 1 aromatic rings. The van der Waals surface area contributed by atoms with Gasteiger partial charge in [0.2, 0.25) is 0 Å². The number of nitrogens with zero attached hydrogens (tertiary/aromatic N) is 2. The Hall–Kier alpha value is -1.62. The van der Waals surface area contributed by atoms with Crippen LogP contribution in [0.25, 0.3) is 0 Å². The maximum atomic E-state index is 11.9. The van der Waals surface area contributed by atoms with Crippen molar-refractivity contribution in [1.82, 2.24) is 9.88 Å². The van der Waals surface area contributed by atoms with Gasteiger partial charge in [0.25, 0.3) is 5.91 Å². The fraction of sp³-hybridized carbons (Fsp3) is 0.455. The summed E-state index contributed by atoms with van der Waals surface area (Å²) in [4.78, 5) is 17.3. The average Bonchev–Trinajstić information content (AvgIpc) is 2.24. The van der Waals surface area contributed by atoms with E-state index in [-0.39, 0.29) is 22.8 Å². The monoisotopic (exact) mass is 221 g/mol. The number of aromatic hydroxyl groups is 1. The molecular formula is C11H15N3O2. The van der Waals surface area contributed by atoms with Crippen LogP contribution < -0.4 is 5.73 Å². The molecule has 0 aromatic carbocycles. The van der Waals surface area contributed by atoms with Crippen LogP contribution in [0.3, 0.4) is 0 Å². The van der Waals surface area contributed by atoms with E-state index in [9.17, 15) is 9.90 Å². The third kappa shape index (κ3) is 1.74. The van der Waals surface area contributed by atoms with Gasteiger partial charge in [-0.2, -0.15) is 0 Å². The third-order valence-electron chi connectivity index (χ3n) is 3.03. The van der Waals surface area contributed by atoms with Crippen molar-refractivity contribution >= 4 is 5.91 Å². The zero-order valence-corrected chi connectivity index (χ0v) is 9.18. The van der Waals surface area contributed by atoms with Gasteiger partial charge in [-0.05, 0) is 12.5 Å². The van der Waals surface area contributed by atoms with Crippen molar-refractivity contribution in [2.75, 3.05) is 13.1 Å². The van der Waals surface area contributed by atoms with E-state index >= 15 is 0 Å². The molecule has 0 atom stereocenters. The number of nitrogens with two attached hydrogens (primary N) is 1. The first kappa shape index (κ1) is 10.9. The lowest BCUT2D eigenvalue weighted by Gasteiger charge is -2.47. The molecular weight excluding hydrogens is 206 g/mol. The van der Waals surface area contributed by atoms with Gasteiger partial charge in [0, 0.05) is 19.3 Å². The molecule has 0 bridgehead atoms. The molecule has 0 saturated carbocycles. The van der Waals surface area contributed by atoms with Crippen molar-refractivity contribution in [2.24, 2.45) is 5.73 Å². The number of pyridine rings is 1. The summed E-state index contributed by atoms with van der Waals surface area (Å²) in [7, 11) is 0. The minimum Gasteiger partial charge on any atom is -0.505 e. The fourth-order valence-corrected chi connectivity index (χ4v) is 1.82. The van der Waals surface area contributed by atoms with Gasteiger partial charge in [0.05, 0.1) is 17.3 Å². The van der Waals surface area contributed by atoms with Gasteiger partial charge in [0.15, 0.2) is 0 Å². The Morgan fingerprint density at radius 1 is 1.69 bits per heavy atom. The van der Waals surface area contributed by atoms with E-state index < -0.39 is 0 Å². The second-order valence-corrected chi connectivity index (χ2v) is 4.27. The molecule has 0 spiro atoms. The Labute approximate surface area is 93.9 Å². The molecule has 1 aliphatic rings. The lowest BCUT2D eigenvalue weighted by Crippen LogP contribution is -2.68. The Morgan fingerprint density at radius 2 is 2.38 bits per heavy atom. The van der Waals surface area contributed by atoms with Crippen molar-refractivity contribution in [3.8, 4) is 5.75 Å². The van der Waals surface area contributed by atoms with Crippen LogP contribution >= 0.6 is 0 Å². The summed E-state index contributed by atoms with van der Waals surface area (Å²) in [5, 5.41) is 9.50. The molecule has 2 heterocycles. The van der Waals surface area contributed by atoms with Gasteiger partial charge < -0.3 is 15.7 Å². The van der Waals surface area contributed by atoms with Crippen molar-refractivity contribution in [2.45, 2.75) is 18.9 Å². The minimum atomic E-state index is -0.252. The number of amides is 1. The van der Waals surface area contributed by atoms with Crippen LogP contribution in [0, 0.1) is 0 Å². The van der Waals surface area contributed by atoms with Crippen molar-refractivity contribution < 1.29 is 9.90 Å². The number of hydrogen-bond acceptors (Lipinski definition) is 4. The Bertz CT molecular complexity index is 413. The highest BCUT2D eigenvalue weighted by molar-refractivity contribution is 5.97. The van der Waals surface area contributed by atoms with Gasteiger partial charge in [0.1, 0.15) is 5.75 Å². The van der Waals surface area contributed by atoms with Crippen LogP contribution in [0.15, 0.2) is 18.5 Å². The second kappa shape index (κ2) is 3.75. The summed E-state index contributed by atoms with van der Waals surface area (Å²) in [6.45, 7) is 3.10. The van der Waals surface area contributed by atoms with Crippen LogP contribution in [0.4, 0.5) is 0 Å². The molecule has 1 amide bonds. The van der Waals surface area contributed by atoms with Crippen LogP contribution in [-0.4, -0.2) is 39.5 Å². The molecule has 1 fully saturated rings. The first-order valence-corrected chi connectivity index (χ1v) is 5.27. The van der Waals surface area contributed by atoms with E-state index in [0.29, 0.717) is 13.1 Å². The molecule has 16 heavy (non-hydrogen) atoms. The number of hydrogen-bond donors (Lipinski definition) is 2. The largest absolute Gasteiger partial charge is 0.505 e. The van der Waals surface area contributed by atoms with Gasteiger partial charge in [-0.3, -0.25) is 9.78 Å². The number of likely N-dealkylation sites (tertiary alicyclic amines) is 1. The van der Waals surface area contributed by atoms with E-state index in [4.69, 9.17) is 5.73 Å². The zero-order valence-electron chi connectivity index (χ0n) is 9.18. The van der Waals surface area contributed by atoms with Crippen LogP contribution in [-0.2, 0) is 0 Å². The molecule has 1 aromatic heterocycles. The molecule has 0 unspecified atom stereocenters. The van der Waals surface area contributed by atoms with Gasteiger partial charge in [-0.15, -0.1) is 0 Å². The minimum absolute atomic E-state index is 0.0847. The predicted octanol–water partition coefficient (Wildman–Crippen LogP) is 0.350. The van der Waals surface area contributed by atoms with Gasteiger partial charge in [-0.25, -0.2) is 0 Å². The molecule has 2 rings (SSSR count). The normalized spacial score (nSPS) is 18.0. The molecule has 0 aliphatic carbocycles. The Kier molecular flexibility index (Phi) is 2.55. The Balaban J connectivity index is 2.09. The number of carbonyl (C=O) groups is 1. The van der Waals surface area contributed by atoms with Crippen LogP contribution in [0.2, 0.25) is 0 Å². The zero-order chi connectivity index (χ0) is 11.8. The smallest absolute Gasteiger partial charge is 0.257 e. The lowest BCUT2D eigenvalue weighted by molar-refractivity contribution is 0.0398. The van der Waals surface area contributed by atoms with Crippen LogP contribution in [0.1, 0.15) is 23.7 Å². The van der Waals surface area contributed by atoms with Gasteiger partial charge >= 0.3 is 0 Å². The molecule has 3 N–H and O–H groups in total. The van der Waals surface area contributed by atoms with Crippen LogP contribution in [0.5, 0.6) is 5.75 Å². The summed E-state index contributed by atoms with van der Waals surface area (Å²) < 4.78 is 0. The standard InChI is InChI=1S/C11H15N3O2/c1-2-11(12)6-14(7-11)10(16)8-3-4-13-5-9(8)15/h3-5,15H,2,6-7,12H2,1H3. The molecule has 86 valence electrons. The van der Waals surface area contributed by atoms with Crippen molar-refractivity contribution in [3.05, 3.63) is 24.0 Å². The summed E-state index contributed by atoms with van der Waals surface area (Å²) in [5.41, 5.74) is 6.01. The quantitative estimate of drug-likeness (QED) is 0.755. The lowest BCUT2D eigenvalue weighted by atomic mass is 9.88. The highest BCUT2D eigenvalue weighted by atomic mass is 16.3. The highest BCUT2D eigenvalue weighted by Crippen LogP contribution is 2.25. The SMILES string of the molecule is CCC1(N)CN(C(=O)c2ccncc2O)C1. The fourth-order valence-electron chi connectivity index (χ4n) is 1.82. The topological polar surface area (TPSA) is 79.5 Å². The second-order valence-electron chi connectivity index (χ2n) is 4.27. The maximum Gasteiger partial charge on any atom is 0.257 e. The molecule has 5 heteroatoms. The first-order chi connectivity index (χ1) is 7.56. The number of carbonyl (C=O) groups excluding carboxylic acids is 1. The average molecular weight is 221 g/mol. The summed E-state index contributed by atoms with van der Waals surface area (Å²) >= 11 is 0. The molecule has 1 aliphatic heterocycles. The Morgan fingerprint density at radius 3 is 2.94 bits per heavy atom. The summed E-state index contributed by atoms with van der Waals surface area (Å²) in [6.07, 6.45) is 3.60. The predicted molar refractivity (Wildman–Crippen MR) is 59.0 cm³/mol. The van der Waals surface area contributed by atoms with E-state index in [1.165, 1.54) is 18.5 Å². The van der Waals surface area contributed by atoms with E-state index in [1.807, 2.05) is 6.92 Å². The number of aromatic nitrogens is 1. The third-order valence-corrected chi connectivity index (χ3v) is 3.03. The van der Waals surface area contributed by atoms with Crippen molar-refractivity contribution in [1.29, 1.82) is 0 Å². The molecule has 0 radical (unpaired) electrons. The first-order valence-electron chi connectivity index (χ1n) is 5.27. The van der Waals surface area contributed by atoms with Crippen molar-refractivity contribution in [3.63, 3.8) is 0 Å². The highest BCUT2D eigenvalue weighted by Gasteiger charge is 2.41. The number of rotatable bonds is 2. The van der Waals surface area contributed by atoms with E-state index in [2.05, 4.69) is 4.98 Å². The van der Waals surface area contributed by atoms with Gasteiger partial charge in [-0.1, -0.05) is 6.92 Å². The summed E-state index contributed by atoms with van der Waals surface area (Å²) in [6, 6.07) is 1.51. The molecule has 5 nitrogen and oxygen atoms in total. The van der Waals surface area contributed by atoms with E-state index in [0.717, 1.165) is 6.42 Å². The van der Waals surface area contributed by atoms with E-state index in [1.54, 1.807) is 4.90 Å². The molecule has 1 saturated heterocycles. The summed E-state index contributed by atoms with van der Waals surface area (Å²) in [5.74, 6) is -0.270. The maximum absolute atomic E-state index is 11.9.